The molecule has 0 saturated heterocycles. The van der Waals surface area contributed by atoms with Gasteiger partial charge in [0.05, 0.1) is 0 Å². The Hall–Kier alpha value is -1.45. The van der Waals surface area contributed by atoms with Gasteiger partial charge < -0.3 is 5.73 Å². The summed E-state index contributed by atoms with van der Waals surface area (Å²) in [5.74, 6) is 0.174. The Labute approximate surface area is 59.1 Å². The molecule has 54 valence electrons. The standard InChI is InChI=1S/C5H5N3O.CH4/c6-5-4(3-9)7-1-2-8-5;/h1-3H,(H2,6,8);1H4. The second-order valence-electron chi connectivity index (χ2n) is 1.44. The van der Waals surface area contributed by atoms with Gasteiger partial charge in [-0.2, -0.15) is 0 Å². The van der Waals surface area contributed by atoms with Crippen molar-refractivity contribution in [1.29, 1.82) is 0 Å². The number of hydrogen-bond donors (Lipinski definition) is 1. The lowest BCUT2D eigenvalue weighted by molar-refractivity contribution is 0.111. The molecule has 0 aromatic carbocycles. The van der Waals surface area contributed by atoms with Gasteiger partial charge >= 0.3 is 0 Å². The molecule has 0 aliphatic rings. The van der Waals surface area contributed by atoms with Gasteiger partial charge in [-0.15, -0.1) is 0 Å². The summed E-state index contributed by atoms with van der Waals surface area (Å²) in [6.45, 7) is 0. The van der Waals surface area contributed by atoms with E-state index < -0.39 is 0 Å². The zero-order valence-corrected chi connectivity index (χ0v) is 4.61. The van der Waals surface area contributed by atoms with Crippen LogP contribution >= 0.6 is 0 Å². The molecule has 4 nitrogen and oxygen atoms in total. The normalized spacial score (nSPS) is 8.00. The van der Waals surface area contributed by atoms with Gasteiger partial charge in [0.1, 0.15) is 5.69 Å². The number of rotatable bonds is 1. The van der Waals surface area contributed by atoms with Gasteiger partial charge in [0.25, 0.3) is 0 Å². The molecule has 0 fully saturated rings. The summed E-state index contributed by atoms with van der Waals surface area (Å²) in [7, 11) is 0. The largest absolute Gasteiger partial charge is 0.382 e. The molecule has 0 radical (unpaired) electrons. The quantitative estimate of drug-likeness (QED) is 0.575. The van der Waals surface area contributed by atoms with Gasteiger partial charge in [0, 0.05) is 12.4 Å². The first-order valence-corrected chi connectivity index (χ1v) is 2.36. The van der Waals surface area contributed by atoms with Crippen LogP contribution in [0.5, 0.6) is 0 Å². The molecular formula is C6H9N3O. The number of aromatic nitrogens is 2. The fourth-order valence-corrected chi connectivity index (χ4v) is 0.450. The van der Waals surface area contributed by atoms with Crippen LogP contribution in [0.15, 0.2) is 12.4 Å². The Morgan fingerprint density at radius 3 is 2.40 bits per heavy atom. The third-order valence-corrected chi connectivity index (χ3v) is 0.868. The number of anilines is 1. The second kappa shape index (κ2) is 3.55. The maximum Gasteiger partial charge on any atom is 0.172 e. The summed E-state index contributed by atoms with van der Waals surface area (Å²) in [4.78, 5) is 17.3. The highest BCUT2D eigenvalue weighted by atomic mass is 16.1. The highest BCUT2D eigenvalue weighted by Crippen LogP contribution is 1.96. The van der Waals surface area contributed by atoms with E-state index in [-0.39, 0.29) is 18.9 Å². The maximum absolute atomic E-state index is 10.0. The van der Waals surface area contributed by atoms with E-state index in [4.69, 9.17) is 5.73 Å². The maximum atomic E-state index is 10.0. The molecule has 0 saturated carbocycles. The lowest BCUT2D eigenvalue weighted by atomic mass is 10.4. The summed E-state index contributed by atoms with van der Waals surface area (Å²) in [6, 6.07) is 0. The minimum Gasteiger partial charge on any atom is -0.382 e. The third kappa shape index (κ3) is 1.51. The molecule has 0 aliphatic carbocycles. The van der Waals surface area contributed by atoms with Crippen molar-refractivity contribution in [3.63, 3.8) is 0 Å². The van der Waals surface area contributed by atoms with E-state index in [9.17, 15) is 4.79 Å². The van der Waals surface area contributed by atoms with Crippen molar-refractivity contribution in [2.24, 2.45) is 0 Å². The van der Waals surface area contributed by atoms with Crippen LogP contribution in [-0.2, 0) is 0 Å². The van der Waals surface area contributed by atoms with Crippen molar-refractivity contribution in [2.45, 2.75) is 7.43 Å². The molecule has 10 heavy (non-hydrogen) atoms. The van der Waals surface area contributed by atoms with Gasteiger partial charge in [-0.25, -0.2) is 9.97 Å². The fraction of sp³-hybridized carbons (Fsp3) is 0.167. The number of carbonyl (C=O) groups excluding carboxylic acids is 1. The Kier molecular flexibility index (Phi) is 3.04. The third-order valence-electron chi connectivity index (χ3n) is 0.868. The first kappa shape index (κ1) is 8.55. The predicted molar refractivity (Wildman–Crippen MR) is 38.6 cm³/mol. The average Bonchev–Trinajstić information content (AvgIpc) is 1.89. The van der Waals surface area contributed by atoms with Crippen LogP contribution in [0, 0.1) is 0 Å². The monoisotopic (exact) mass is 139 g/mol. The molecular weight excluding hydrogens is 130 g/mol. The zero-order valence-electron chi connectivity index (χ0n) is 4.61. The molecule has 0 aliphatic heterocycles. The van der Waals surface area contributed by atoms with Gasteiger partial charge in [0.15, 0.2) is 12.1 Å². The van der Waals surface area contributed by atoms with Crippen LogP contribution in [0.4, 0.5) is 5.82 Å². The molecule has 0 atom stereocenters. The molecule has 1 heterocycles. The van der Waals surface area contributed by atoms with Crippen LogP contribution in [0.2, 0.25) is 0 Å². The molecule has 0 amide bonds. The second-order valence-corrected chi connectivity index (χ2v) is 1.44. The van der Waals surface area contributed by atoms with Crippen molar-refractivity contribution in [3.05, 3.63) is 18.1 Å². The molecule has 1 aromatic heterocycles. The molecule has 1 aromatic rings. The molecule has 0 spiro atoms. The Morgan fingerprint density at radius 1 is 1.40 bits per heavy atom. The van der Waals surface area contributed by atoms with E-state index in [1.807, 2.05) is 0 Å². The van der Waals surface area contributed by atoms with E-state index in [0.29, 0.717) is 6.29 Å². The molecule has 2 N–H and O–H groups in total. The zero-order chi connectivity index (χ0) is 6.69. The summed E-state index contributed by atoms with van der Waals surface area (Å²) in [5.41, 5.74) is 5.42. The number of nitrogens with two attached hydrogens (primary N) is 1. The van der Waals surface area contributed by atoms with Crippen LogP contribution < -0.4 is 5.73 Å². The minimum absolute atomic E-state index is 0. The highest BCUT2D eigenvalue weighted by molar-refractivity contribution is 5.78. The number of aldehydes is 1. The minimum atomic E-state index is 0. The molecule has 1 rings (SSSR count). The summed E-state index contributed by atoms with van der Waals surface area (Å²) >= 11 is 0. The van der Waals surface area contributed by atoms with Crippen molar-refractivity contribution in [2.75, 3.05) is 5.73 Å². The number of carbonyl (C=O) groups is 1. The van der Waals surface area contributed by atoms with E-state index in [1.165, 1.54) is 12.4 Å². The molecule has 4 heteroatoms. The summed E-state index contributed by atoms with van der Waals surface area (Å²) < 4.78 is 0. The van der Waals surface area contributed by atoms with Crippen molar-refractivity contribution < 1.29 is 4.79 Å². The van der Waals surface area contributed by atoms with Crippen molar-refractivity contribution in [1.82, 2.24) is 9.97 Å². The lowest BCUT2D eigenvalue weighted by Gasteiger charge is -1.90. The van der Waals surface area contributed by atoms with Gasteiger partial charge in [-0.05, 0) is 0 Å². The Bertz CT molecular complexity index is 224. The van der Waals surface area contributed by atoms with Gasteiger partial charge in [-0.1, -0.05) is 7.43 Å². The first-order chi connectivity index (χ1) is 4.34. The Balaban J connectivity index is 0.000000810. The summed E-state index contributed by atoms with van der Waals surface area (Å²) in [6.07, 6.45) is 3.42. The van der Waals surface area contributed by atoms with Gasteiger partial charge in [0.2, 0.25) is 0 Å². The molecule has 0 bridgehead atoms. The predicted octanol–water partition coefficient (Wildman–Crippen LogP) is 0.507. The van der Waals surface area contributed by atoms with Crippen LogP contribution in [0.3, 0.4) is 0 Å². The number of hydrogen-bond acceptors (Lipinski definition) is 4. The first-order valence-electron chi connectivity index (χ1n) is 2.36. The van der Waals surface area contributed by atoms with Crippen LogP contribution in [-0.4, -0.2) is 16.3 Å². The van der Waals surface area contributed by atoms with E-state index in [0.717, 1.165) is 0 Å². The van der Waals surface area contributed by atoms with Crippen LogP contribution in [0.1, 0.15) is 17.9 Å². The fourth-order valence-electron chi connectivity index (χ4n) is 0.450. The summed E-state index contributed by atoms with van der Waals surface area (Å²) in [5, 5.41) is 0. The van der Waals surface area contributed by atoms with Crippen molar-refractivity contribution >= 4 is 12.1 Å². The lowest BCUT2D eigenvalue weighted by Crippen LogP contribution is -1.97. The Morgan fingerprint density at radius 2 is 2.00 bits per heavy atom. The van der Waals surface area contributed by atoms with E-state index in [1.54, 1.807) is 0 Å². The number of nitrogen functional groups attached to an aromatic ring is 1. The van der Waals surface area contributed by atoms with Crippen molar-refractivity contribution in [3.8, 4) is 0 Å². The average molecular weight is 139 g/mol. The number of nitrogens with zero attached hydrogens (tertiary/aromatic N) is 2. The SMILES string of the molecule is C.Nc1nccnc1C=O. The van der Waals surface area contributed by atoms with E-state index in [2.05, 4.69) is 9.97 Å². The van der Waals surface area contributed by atoms with Gasteiger partial charge in [-0.3, -0.25) is 4.79 Å². The van der Waals surface area contributed by atoms with Crippen LogP contribution in [0.25, 0.3) is 0 Å². The molecule has 0 unspecified atom stereocenters. The highest BCUT2D eigenvalue weighted by Gasteiger charge is 1.94. The topological polar surface area (TPSA) is 68.9 Å². The smallest absolute Gasteiger partial charge is 0.172 e. The van der Waals surface area contributed by atoms with E-state index >= 15 is 0 Å².